The topological polar surface area (TPSA) is 29.5 Å². The Kier molecular flexibility index (Phi) is 4.30. The molecule has 0 aromatic heterocycles. The minimum Gasteiger partial charge on any atom is -0.384 e. The molecule has 1 saturated heterocycles. The number of ether oxygens (including phenoxy) is 1. The van der Waals surface area contributed by atoms with Gasteiger partial charge in [-0.25, -0.2) is 0 Å². The highest BCUT2D eigenvalue weighted by atomic mass is 35.5. The molecule has 0 saturated carbocycles. The lowest BCUT2D eigenvalue weighted by atomic mass is 9.87. The van der Waals surface area contributed by atoms with Crippen molar-refractivity contribution in [1.82, 2.24) is 4.90 Å². The van der Waals surface area contributed by atoms with Gasteiger partial charge in [-0.1, -0.05) is 0 Å². The number of alkyl halides is 4. The fraction of sp³-hybridized carbons (Fsp3) is 0.900. The maximum Gasteiger partial charge on any atom is 0.398 e. The Morgan fingerprint density at radius 1 is 1.59 bits per heavy atom. The van der Waals surface area contributed by atoms with Crippen LogP contribution in [-0.2, 0) is 9.53 Å². The molecule has 17 heavy (non-hydrogen) atoms. The van der Waals surface area contributed by atoms with Gasteiger partial charge in [0.2, 0.25) is 5.91 Å². The van der Waals surface area contributed by atoms with Crippen LogP contribution in [0.1, 0.15) is 13.3 Å². The first-order valence-electron chi connectivity index (χ1n) is 5.22. The van der Waals surface area contributed by atoms with Crippen LogP contribution in [0.3, 0.4) is 0 Å². The predicted molar refractivity (Wildman–Crippen MR) is 56.9 cm³/mol. The Morgan fingerprint density at radius 3 is 2.59 bits per heavy atom. The molecular formula is C10H15ClF3NO2. The molecule has 1 aliphatic rings. The smallest absolute Gasteiger partial charge is 0.384 e. The molecule has 0 aromatic rings. The standard InChI is InChI=1S/C10H15ClF3NO2/c1-7(11)8(16)15-4-3-9(5-15,6-17-2)10(12,13)14/h7H,3-6H2,1-2H3. The minimum absolute atomic E-state index is 0.0682. The first kappa shape index (κ1) is 14.6. The van der Waals surface area contributed by atoms with Crippen molar-refractivity contribution in [2.75, 3.05) is 26.8 Å². The van der Waals surface area contributed by atoms with Gasteiger partial charge >= 0.3 is 6.18 Å². The second kappa shape index (κ2) is 5.02. The van der Waals surface area contributed by atoms with Gasteiger partial charge in [-0.05, 0) is 13.3 Å². The number of carbonyl (C=O) groups is 1. The van der Waals surface area contributed by atoms with E-state index >= 15 is 0 Å². The summed E-state index contributed by atoms with van der Waals surface area (Å²) in [6.45, 7) is 0.712. The number of methoxy groups -OCH3 is 1. The van der Waals surface area contributed by atoms with Crippen molar-refractivity contribution in [3.8, 4) is 0 Å². The third-order valence-corrected chi connectivity index (χ3v) is 3.21. The van der Waals surface area contributed by atoms with Crippen LogP contribution in [0.15, 0.2) is 0 Å². The van der Waals surface area contributed by atoms with Gasteiger partial charge in [0.1, 0.15) is 10.8 Å². The number of rotatable bonds is 3. The van der Waals surface area contributed by atoms with E-state index in [2.05, 4.69) is 4.74 Å². The third-order valence-electron chi connectivity index (χ3n) is 3.03. The van der Waals surface area contributed by atoms with E-state index in [1.165, 1.54) is 14.0 Å². The quantitative estimate of drug-likeness (QED) is 0.737. The average Bonchev–Trinajstić information content (AvgIpc) is 2.62. The maximum absolute atomic E-state index is 13.0. The number of hydrogen-bond acceptors (Lipinski definition) is 2. The molecule has 0 N–H and O–H groups in total. The molecule has 2 atom stereocenters. The van der Waals surface area contributed by atoms with E-state index in [-0.39, 0.29) is 19.5 Å². The van der Waals surface area contributed by atoms with Crippen LogP contribution in [0.5, 0.6) is 0 Å². The van der Waals surface area contributed by atoms with Gasteiger partial charge < -0.3 is 9.64 Å². The van der Waals surface area contributed by atoms with Crippen LogP contribution in [-0.4, -0.2) is 49.2 Å². The van der Waals surface area contributed by atoms with Crippen LogP contribution < -0.4 is 0 Å². The van der Waals surface area contributed by atoms with E-state index in [1.807, 2.05) is 0 Å². The maximum atomic E-state index is 13.0. The number of halogens is 4. The van der Waals surface area contributed by atoms with E-state index in [0.29, 0.717) is 0 Å². The summed E-state index contributed by atoms with van der Waals surface area (Å²) in [6, 6.07) is 0. The van der Waals surface area contributed by atoms with Crippen LogP contribution in [0.25, 0.3) is 0 Å². The first-order chi connectivity index (χ1) is 7.73. The highest BCUT2D eigenvalue weighted by Crippen LogP contribution is 2.45. The SMILES string of the molecule is COCC1(C(F)(F)F)CCN(C(=O)C(C)Cl)C1. The molecular weight excluding hydrogens is 259 g/mol. The van der Waals surface area contributed by atoms with Crippen LogP contribution in [0.4, 0.5) is 13.2 Å². The Labute approximate surface area is 103 Å². The zero-order valence-corrected chi connectivity index (χ0v) is 10.4. The fourth-order valence-corrected chi connectivity index (χ4v) is 2.16. The fourth-order valence-electron chi connectivity index (χ4n) is 2.02. The summed E-state index contributed by atoms with van der Waals surface area (Å²) in [5, 5.41) is -0.804. The molecule has 0 spiro atoms. The highest BCUT2D eigenvalue weighted by molar-refractivity contribution is 6.30. The Bertz CT molecular complexity index is 296. The first-order valence-corrected chi connectivity index (χ1v) is 5.66. The van der Waals surface area contributed by atoms with Crippen molar-refractivity contribution in [3.05, 3.63) is 0 Å². The summed E-state index contributed by atoms with van der Waals surface area (Å²) in [6.07, 6.45) is -4.52. The second-order valence-electron chi connectivity index (χ2n) is 4.34. The molecule has 0 aromatic carbocycles. The van der Waals surface area contributed by atoms with Gasteiger partial charge in [0.15, 0.2) is 0 Å². The van der Waals surface area contributed by atoms with E-state index in [0.717, 1.165) is 4.90 Å². The van der Waals surface area contributed by atoms with Crippen molar-refractivity contribution >= 4 is 17.5 Å². The molecule has 1 amide bonds. The Balaban J connectivity index is 2.83. The van der Waals surface area contributed by atoms with Gasteiger partial charge in [-0.2, -0.15) is 13.2 Å². The van der Waals surface area contributed by atoms with Crippen molar-refractivity contribution in [2.45, 2.75) is 24.9 Å². The molecule has 3 nitrogen and oxygen atoms in total. The van der Waals surface area contributed by atoms with E-state index in [1.54, 1.807) is 0 Å². The van der Waals surface area contributed by atoms with E-state index < -0.39 is 29.5 Å². The van der Waals surface area contributed by atoms with Gasteiger partial charge in [-0.15, -0.1) is 11.6 Å². The van der Waals surface area contributed by atoms with Crippen molar-refractivity contribution in [1.29, 1.82) is 0 Å². The zero-order chi connectivity index (χ0) is 13.3. The number of hydrogen-bond donors (Lipinski definition) is 0. The van der Waals surface area contributed by atoms with Crippen molar-refractivity contribution in [3.63, 3.8) is 0 Å². The Morgan fingerprint density at radius 2 is 2.18 bits per heavy atom. The average molecular weight is 274 g/mol. The summed E-state index contributed by atoms with van der Waals surface area (Å²) in [4.78, 5) is 12.7. The van der Waals surface area contributed by atoms with Crippen LogP contribution >= 0.6 is 11.6 Å². The normalized spacial score (nSPS) is 27.3. The van der Waals surface area contributed by atoms with Crippen LogP contribution in [0.2, 0.25) is 0 Å². The number of carbonyl (C=O) groups excluding carboxylic acids is 1. The van der Waals surface area contributed by atoms with Crippen molar-refractivity contribution in [2.24, 2.45) is 5.41 Å². The van der Waals surface area contributed by atoms with E-state index in [4.69, 9.17) is 11.6 Å². The summed E-state index contributed by atoms with van der Waals surface area (Å²) in [5.74, 6) is -0.464. The number of nitrogens with zero attached hydrogens (tertiary/aromatic N) is 1. The third kappa shape index (κ3) is 2.85. The molecule has 1 rings (SSSR count). The minimum atomic E-state index is -4.38. The summed E-state index contributed by atoms with van der Waals surface area (Å²) < 4.78 is 43.6. The molecule has 2 unspecified atom stereocenters. The number of amides is 1. The Hall–Kier alpha value is -0.490. The zero-order valence-electron chi connectivity index (χ0n) is 9.68. The largest absolute Gasteiger partial charge is 0.398 e. The molecule has 0 aliphatic carbocycles. The lowest BCUT2D eigenvalue weighted by Gasteiger charge is -2.31. The molecule has 7 heteroatoms. The molecule has 100 valence electrons. The van der Waals surface area contributed by atoms with Gasteiger partial charge in [0.25, 0.3) is 0 Å². The molecule has 1 heterocycles. The lowest BCUT2D eigenvalue weighted by Crippen LogP contribution is -2.45. The second-order valence-corrected chi connectivity index (χ2v) is 4.99. The predicted octanol–water partition coefficient (Wildman–Crippen LogP) is 2.04. The molecule has 1 aliphatic heterocycles. The van der Waals surface area contributed by atoms with Crippen LogP contribution in [0, 0.1) is 5.41 Å². The summed E-state index contributed by atoms with van der Waals surface area (Å²) >= 11 is 5.59. The van der Waals surface area contributed by atoms with E-state index in [9.17, 15) is 18.0 Å². The monoisotopic (exact) mass is 273 g/mol. The molecule has 0 radical (unpaired) electrons. The van der Waals surface area contributed by atoms with Gasteiger partial charge in [0, 0.05) is 20.2 Å². The summed E-state index contributed by atoms with van der Waals surface area (Å²) in [5.41, 5.74) is -1.96. The lowest BCUT2D eigenvalue weighted by molar-refractivity contribution is -0.232. The van der Waals surface area contributed by atoms with Gasteiger partial charge in [0.05, 0.1) is 6.61 Å². The highest BCUT2D eigenvalue weighted by Gasteiger charge is 2.58. The number of likely N-dealkylation sites (tertiary alicyclic amines) is 1. The molecule has 1 fully saturated rings. The summed E-state index contributed by atoms with van der Waals surface area (Å²) in [7, 11) is 1.22. The van der Waals surface area contributed by atoms with Crippen molar-refractivity contribution < 1.29 is 22.7 Å². The van der Waals surface area contributed by atoms with Gasteiger partial charge in [-0.3, -0.25) is 4.79 Å². The molecule has 0 bridgehead atoms.